The summed E-state index contributed by atoms with van der Waals surface area (Å²) in [5, 5.41) is 8.73. The van der Waals surface area contributed by atoms with Gasteiger partial charge in [-0.1, -0.05) is 0 Å². The van der Waals surface area contributed by atoms with E-state index >= 15 is 0 Å². The summed E-state index contributed by atoms with van der Waals surface area (Å²) >= 11 is 1.39. The van der Waals surface area contributed by atoms with E-state index in [2.05, 4.69) is 4.98 Å². The number of thiazole rings is 1. The van der Waals surface area contributed by atoms with Gasteiger partial charge in [-0.25, -0.2) is 4.98 Å². The predicted molar refractivity (Wildman–Crippen MR) is 82.6 cm³/mol. The first kappa shape index (κ1) is 16.2. The quantitative estimate of drug-likeness (QED) is 0.895. The van der Waals surface area contributed by atoms with Crippen LogP contribution in [0.4, 0.5) is 0 Å². The van der Waals surface area contributed by atoms with E-state index in [1.165, 1.54) is 26.8 Å². The Labute approximate surface area is 130 Å². The maximum atomic E-state index is 12.5. The average molecular weight is 323 g/mol. The standard InChI is InChI=1S/C14H17N3O4S/c1-4-16(6-5-11(18)19)12(20)10-7-15-14-17(13(10)21)8(2)9(3)22-14/h7H,4-6H2,1-3H3,(H,18,19). The minimum atomic E-state index is -0.985. The van der Waals surface area contributed by atoms with Gasteiger partial charge in [0, 0.05) is 29.9 Å². The van der Waals surface area contributed by atoms with Crippen molar-refractivity contribution in [2.24, 2.45) is 0 Å². The minimum Gasteiger partial charge on any atom is -0.481 e. The minimum absolute atomic E-state index is 0.0364. The van der Waals surface area contributed by atoms with Crippen molar-refractivity contribution in [1.29, 1.82) is 0 Å². The number of rotatable bonds is 5. The normalized spacial score (nSPS) is 10.9. The molecule has 0 fully saturated rings. The summed E-state index contributed by atoms with van der Waals surface area (Å²) in [6.45, 7) is 5.83. The van der Waals surface area contributed by atoms with E-state index in [1.54, 1.807) is 13.8 Å². The molecule has 0 aliphatic rings. The van der Waals surface area contributed by atoms with Gasteiger partial charge in [-0.2, -0.15) is 0 Å². The topological polar surface area (TPSA) is 92.0 Å². The Hall–Kier alpha value is -2.22. The Morgan fingerprint density at radius 3 is 2.68 bits per heavy atom. The van der Waals surface area contributed by atoms with Crippen molar-refractivity contribution >= 4 is 28.2 Å². The van der Waals surface area contributed by atoms with Gasteiger partial charge in [0.05, 0.1) is 6.42 Å². The van der Waals surface area contributed by atoms with Crippen molar-refractivity contribution in [2.45, 2.75) is 27.2 Å². The summed E-state index contributed by atoms with van der Waals surface area (Å²) in [6, 6.07) is 0. The number of nitrogens with zero attached hydrogens (tertiary/aromatic N) is 3. The van der Waals surface area contributed by atoms with Crippen LogP contribution in [0.1, 0.15) is 34.3 Å². The molecule has 0 aromatic carbocycles. The molecule has 0 atom stereocenters. The van der Waals surface area contributed by atoms with Crippen LogP contribution >= 0.6 is 11.3 Å². The van der Waals surface area contributed by atoms with Gasteiger partial charge in [-0.15, -0.1) is 11.3 Å². The van der Waals surface area contributed by atoms with Gasteiger partial charge in [-0.3, -0.25) is 18.8 Å². The molecule has 0 unspecified atom stereocenters. The lowest BCUT2D eigenvalue weighted by Crippen LogP contribution is -2.37. The van der Waals surface area contributed by atoms with Crippen LogP contribution in [0.2, 0.25) is 0 Å². The number of hydrogen-bond acceptors (Lipinski definition) is 5. The SMILES string of the molecule is CCN(CCC(=O)O)C(=O)c1cnc2sc(C)c(C)n2c1=O. The molecule has 118 valence electrons. The van der Waals surface area contributed by atoms with E-state index in [9.17, 15) is 14.4 Å². The Kier molecular flexibility index (Phi) is 4.60. The molecular weight excluding hydrogens is 306 g/mol. The highest BCUT2D eigenvalue weighted by atomic mass is 32.1. The molecule has 1 N–H and O–H groups in total. The molecule has 2 aromatic rings. The molecule has 22 heavy (non-hydrogen) atoms. The van der Waals surface area contributed by atoms with E-state index < -0.39 is 17.4 Å². The number of carboxylic acid groups (broad SMARTS) is 1. The second-order valence-corrected chi connectivity index (χ2v) is 6.05. The summed E-state index contributed by atoms with van der Waals surface area (Å²) in [7, 11) is 0. The maximum absolute atomic E-state index is 12.5. The number of aromatic nitrogens is 2. The largest absolute Gasteiger partial charge is 0.481 e. The summed E-state index contributed by atoms with van der Waals surface area (Å²) in [5.41, 5.74) is 0.317. The van der Waals surface area contributed by atoms with Crippen LogP contribution in [0.5, 0.6) is 0 Å². The highest BCUT2D eigenvalue weighted by Crippen LogP contribution is 2.18. The number of carbonyl (C=O) groups excluding carboxylic acids is 1. The highest BCUT2D eigenvalue weighted by molar-refractivity contribution is 7.17. The van der Waals surface area contributed by atoms with E-state index in [4.69, 9.17) is 5.11 Å². The number of aryl methyl sites for hydroxylation is 2. The molecule has 2 rings (SSSR count). The fraction of sp³-hybridized carbons (Fsp3) is 0.429. The van der Waals surface area contributed by atoms with Gasteiger partial charge in [0.15, 0.2) is 4.96 Å². The second-order valence-electron chi connectivity index (χ2n) is 4.87. The van der Waals surface area contributed by atoms with Crippen molar-refractivity contribution in [3.8, 4) is 0 Å². The van der Waals surface area contributed by atoms with Crippen LogP contribution in [0.25, 0.3) is 4.96 Å². The van der Waals surface area contributed by atoms with Crippen molar-refractivity contribution in [3.63, 3.8) is 0 Å². The summed E-state index contributed by atoms with van der Waals surface area (Å²) in [5.74, 6) is -1.47. The zero-order chi connectivity index (χ0) is 16.4. The number of carbonyl (C=O) groups is 2. The van der Waals surface area contributed by atoms with Crippen LogP contribution in [-0.4, -0.2) is 44.4 Å². The molecule has 7 nitrogen and oxygen atoms in total. The Morgan fingerprint density at radius 1 is 1.41 bits per heavy atom. The third-order valence-electron chi connectivity index (χ3n) is 3.51. The zero-order valence-electron chi connectivity index (χ0n) is 12.6. The lowest BCUT2D eigenvalue weighted by molar-refractivity contribution is -0.137. The molecule has 0 spiro atoms. The number of hydrogen-bond donors (Lipinski definition) is 1. The number of carboxylic acids is 1. The van der Waals surface area contributed by atoms with Crippen molar-refractivity contribution < 1.29 is 14.7 Å². The van der Waals surface area contributed by atoms with Crippen LogP contribution in [0.15, 0.2) is 11.0 Å². The molecule has 8 heteroatoms. The highest BCUT2D eigenvalue weighted by Gasteiger charge is 2.21. The number of amides is 1. The lowest BCUT2D eigenvalue weighted by atomic mass is 10.2. The third kappa shape index (κ3) is 2.87. The molecule has 1 amide bonds. The monoisotopic (exact) mass is 323 g/mol. The van der Waals surface area contributed by atoms with Crippen LogP contribution in [0.3, 0.4) is 0 Å². The Balaban J connectivity index is 2.43. The van der Waals surface area contributed by atoms with E-state index in [0.717, 1.165) is 10.6 Å². The second kappa shape index (κ2) is 6.27. The van der Waals surface area contributed by atoms with Crippen LogP contribution < -0.4 is 5.56 Å². The van der Waals surface area contributed by atoms with Gasteiger partial charge < -0.3 is 10.0 Å². The third-order valence-corrected chi connectivity index (χ3v) is 4.59. The first-order valence-electron chi connectivity index (χ1n) is 6.85. The molecule has 0 aliphatic heterocycles. The van der Waals surface area contributed by atoms with Crippen molar-refractivity contribution in [3.05, 3.63) is 32.7 Å². The van der Waals surface area contributed by atoms with Crippen LogP contribution in [-0.2, 0) is 4.79 Å². The predicted octanol–water partition coefficient (Wildman–Crippen LogP) is 1.31. The van der Waals surface area contributed by atoms with E-state index in [0.29, 0.717) is 11.5 Å². The average Bonchev–Trinajstić information content (AvgIpc) is 2.75. The molecular formula is C14H17N3O4S. The molecule has 0 saturated heterocycles. The molecule has 0 bridgehead atoms. The number of aliphatic carboxylic acids is 1. The van der Waals surface area contributed by atoms with Gasteiger partial charge in [0.25, 0.3) is 11.5 Å². The van der Waals surface area contributed by atoms with Gasteiger partial charge in [0.2, 0.25) is 0 Å². The summed E-state index contributed by atoms with van der Waals surface area (Å²) < 4.78 is 1.43. The molecule has 0 radical (unpaired) electrons. The molecule has 0 saturated carbocycles. The molecule has 2 heterocycles. The maximum Gasteiger partial charge on any atom is 0.305 e. The zero-order valence-corrected chi connectivity index (χ0v) is 13.4. The fourth-order valence-corrected chi connectivity index (χ4v) is 3.06. The molecule has 2 aromatic heterocycles. The first-order chi connectivity index (χ1) is 10.4. The van der Waals surface area contributed by atoms with E-state index in [-0.39, 0.29) is 18.5 Å². The first-order valence-corrected chi connectivity index (χ1v) is 7.67. The Bertz CT molecular complexity index is 793. The fourth-order valence-electron chi connectivity index (χ4n) is 2.13. The smallest absolute Gasteiger partial charge is 0.305 e. The van der Waals surface area contributed by atoms with Gasteiger partial charge in [-0.05, 0) is 20.8 Å². The molecule has 0 aliphatic carbocycles. The van der Waals surface area contributed by atoms with Gasteiger partial charge >= 0.3 is 5.97 Å². The van der Waals surface area contributed by atoms with Crippen molar-refractivity contribution in [1.82, 2.24) is 14.3 Å². The van der Waals surface area contributed by atoms with E-state index in [1.807, 2.05) is 6.92 Å². The van der Waals surface area contributed by atoms with Crippen LogP contribution in [0, 0.1) is 13.8 Å². The summed E-state index contributed by atoms with van der Waals surface area (Å²) in [6.07, 6.45) is 1.12. The van der Waals surface area contributed by atoms with Crippen molar-refractivity contribution in [2.75, 3.05) is 13.1 Å². The Morgan fingerprint density at radius 2 is 2.09 bits per heavy atom. The number of fused-ring (bicyclic) bond motifs is 1. The summed E-state index contributed by atoms with van der Waals surface area (Å²) in [4.78, 5) is 42.7. The lowest BCUT2D eigenvalue weighted by Gasteiger charge is -2.19. The van der Waals surface area contributed by atoms with Gasteiger partial charge in [0.1, 0.15) is 5.56 Å².